The minimum atomic E-state index is -4.18. The van der Waals surface area contributed by atoms with E-state index in [0.717, 1.165) is 6.07 Å². The van der Waals surface area contributed by atoms with Crippen molar-refractivity contribution in [3.8, 4) is 11.5 Å². The van der Waals surface area contributed by atoms with Crippen molar-refractivity contribution in [2.75, 3.05) is 0 Å². The molecule has 0 amide bonds. The van der Waals surface area contributed by atoms with Crippen LogP contribution in [0.1, 0.15) is 12.5 Å². The molecule has 1 aliphatic heterocycles. The van der Waals surface area contributed by atoms with Crippen molar-refractivity contribution < 1.29 is 22.3 Å². The second kappa shape index (κ2) is 5.95. The van der Waals surface area contributed by atoms with Gasteiger partial charge in [0.2, 0.25) is 0 Å². The molecule has 0 fully saturated rings. The number of ether oxygens (including phenoxy) is 1. The van der Waals surface area contributed by atoms with E-state index < -0.39 is 15.0 Å². The van der Waals surface area contributed by atoms with Gasteiger partial charge < -0.3 is 8.92 Å². The number of nitrogens with zero attached hydrogens (tertiary/aromatic N) is 1. The van der Waals surface area contributed by atoms with Gasteiger partial charge in [0.05, 0.1) is 16.0 Å². The molecule has 2 aromatic rings. The van der Waals surface area contributed by atoms with Gasteiger partial charge in [-0.2, -0.15) is 8.42 Å². The Balaban J connectivity index is 1.95. The van der Waals surface area contributed by atoms with Crippen LogP contribution in [0.15, 0.2) is 41.3 Å². The number of non-ortho nitro benzene ring substituents is 1. The molecule has 0 aromatic heterocycles. The van der Waals surface area contributed by atoms with Crippen LogP contribution in [0.25, 0.3) is 0 Å². The molecule has 0 saturated heterocycles. The summed E-state index contributed by atoms with van der Waals surface area (Å²) in [5, 5.41) is 10.9. The fourth-order valence-corrected chi connectivity index (χ4v) is 3.78. The lowest BCUT2D eigenvalue weighted by Gasteiger charge is -2.09. The molecule has 0 N–H and O–H groups in total. The number of halogens is 1. The highest BCUT2D eigenvalue weighted by Crippen LogP contribution is 2.38. The molecular formula is C15H12ClNO6S. The Morgan fingerprint density at radius 1 is 1.33 bits per heavy atom. The maximum absolute atomic E-state index is 12.4. The topological polar surface area (TPSA) is 95.7 Å². The van der Waals surface area contributed by atoms with Crippen LogP contribution in [0.2, 0.25) is 5.02 Å². The van der Waals surface area contributed by atoms with Crippen LogP contribution in [-0.2, 0) is 16.5 Å². The molecule has 1 heterocycles. The van der Waals surface area contributed by atoms with Crippen molar-refractivity contribution in [1.82, 2.24) is 0 Å². The monoisotopic (exact) mass is 369 g/mol. The fourth-order valence-electron chi connectivity index (χ4n) is 2.43. The Hall–Kier alpha value is -2.32. The number of nitro benzene ring substituents is 1. The Bertz CT molecular complexity index is 928. The molecular weight excluding hydrogens is 358 g/mol. The molecule has 1 aliphatic rings. The minimum Gasteiger partial charge on any atom is -0.489 e. The molecule has 24 heavy (non-hydrogen) atoms. The first-order valence-corrected chi connectivity index (χ1v) is 8.73. The van der Waals surface area contributed by atoms with E-state index in [1.807, 2.05) is 6.92 Å². The number of benzene rings is 2. The van der Waals surface area contributed by atoms with Crippen LogP contribution in [0.5, 0.6) is 11.5 Å². The molecule has 0 radical (unpaired) electrons. The summed E-state index contributed by atoms with van der Waals surface area (Å²) < 4.78 is 35.4. The van der Waals surface area contributed by atoms with Gasteiger partial charge in [0.1, 0.15) is 22.5 Å². The second-order valence-electron chi connectivity index (χ2n) is 5.32. The third-order valence-corrected chi connectivity index (χ3v) is 4.95. The van der Waals surface area contributed by atoms with Crippen molar-refractivity contribution in [2.24, 2.45) is 0 Å². The molecule has 1 unspecified atom stereocenters. The summed E-state index contributed by atoms with van der Waals surface area (Å²) in [5.41, 5.74) is 0.410. The van der Waals surface area contributed by atoms with Gasteiger partial charge in [-0.25, -0.2) is 0 Å². The highest BCUT2D eigenvalue weighted by Gasteiger charge is 2.27. The van der Waals surface area contributed by atoms with E-state index in [4.69, 9.17) is 20.5 Å². The number of hydrogen-bond acceptors (Lipinski definition) is 6. The molecule has 3 rings (SSSR count). The molecule has 9 heteroatoms. The standard InChI is InChI=1S/C15H12ClNO6S/c1-9-5-10-6-13(8-14(16)15(10)22-9)24(20,21)23-12-4-2-3-11(7-12)17(18)19/h2-4,6-9H,5H2,1H3. The minimum absolute atomic E-state index is 0.0897. The Kier molecular flexibility index (Phi) is 4.10. The maximum Gasteiger partial charge on any atom is 0.339 e. The average molecular weight is 370 g/mol. The van der Waals surface area contributed by atoms with Gasteiger partial charge in [-0.15, -0.1) is 0 Å². The number of rotatable bonds is 4. The summed E-state index contributed by atoms with van der Waals surface area (Å²) in [6.07, 6.45) is 0.447. The number of fused-ring (bicyclic) bond motifs is 1. The highest BCUT2D eigenvalue weighted by molar-refractivity contribution is 7.87. The van der Waals surface area contributed by atoms with Crippen LogP contribution in [-0.4, -0.2) is 19.4 Å². The lowest BCUT2D eigenvalue weighted by Crippen LogP contribution is -2.10. The molecule has 0 bridgehead atoms. The zero-order chi connectivity index (χ0) is 17.5. The van der Waals surface area contributed by atoms with Gasteiger partial charge in [-0.3, -0.25) is 10.1 Å². The fraction of sp³-hybridized carbons (Fsp3) is 0.200. The van der Waals surface area contributed by atoms with Crippen molar-refractivity contribution in [3.05, 3.63) is 57.1 Å². The average Bonchev–Trinajstić information content (AvgIpc) is 2.88. The third kappa shape index (κ3) is 3.15. The summed E-state index contributed by atoms with van der Waals surface area (Å²) in [4.78, 5) is 10.00. The molecule has 0 spiro atoms. The molecule has 126 valence electrons. The van der Waals surface area contributed by atoms with Crippen molar-refractivity contribution >= 4 is 27.4 Å². The Morgan fingerprint density at radius 3 is 2.79 bits per heavy atom. The highest BCUT2D eigenvalue weighted by atomic mass is 35.5. The van der Waals surface area contributed by atoms with E-state index in [1.165, 1.54) is 30.3 Å². The molecule has 2 aromatic carbocycles. The lowest BCUT2D eigenvalue weighted by atomic mass is 10.1. The Morgan fingerprint density at radius 2 is 2.08 bits per heavy atom. The first-order valence-electron chi connectivity index (χ1n) is 6.94. The summed E-state index contributed by atoms with van der Waals surface area (Å²) in [5.74, 6) is 0.323. The van der Waals surface area contributed by atoms with Crippen LogP contribution in [0.3, 0.4) is 0 Å². The van der Waals surface area contributed by atoms with Crippen molar-refractivity contribution in [1.29, 1.82) is 0 Å². The zero-order valence-corrected chi connectivity index (χ0v) is 14.0. The normalized spacial score (nSPS) is 16.3. The molecule has 1 atom stereocenters. The summed E-state index contributed by atoms with van der Waals surface area (Å²) in [6.45, 7) is 1.85. The van der Waals surface area contributed by atoms with E-state index in [1.54, 1.807) is 0 Å². The predicted octanol–water partition coefficient (Wildman–Crippen LogP) is 3.34. The predicted molar refractivity (Wildman–Crippen MR) is 86.2 cm³/mol. The summed E-state index contributed by atoms with van der Waals surface area (Å²) in [6, 6.07) is 7.63. The van der Waals surface area contributed by atoms with Crippen molar-refractivity contribution in [3.63, 3.8) is 0 Å². The van der Waals surface area contributed by atoms with Gasteiger partial charge in [0.25, 0.3) is 5.69 Å². The van der Waals surface area contributed by atoms with Gasteiger partial charge >= 0.3 is 10.1 Å². The van der Waals surface area contributed by atoms with Gasteiger partial charge in [0, 0.05) is 18.1 Å². The second-order valence-corrected chi connectivity index (χ2v) is 7.27. The molecule has 0 saturated carbocycles. The van der Waals surface area contributed by atoms with Gasteiger partial charge in [0.15, 0.2) is 0 Å². The number of nitro groups is 1. The van der Waals surface area contributed by atoms with E-state index in [2.05, 4.69) is 0 Å². The summed E-state index contributed by atoms with van der Waals surface area (Å²) in [7, 11) is -4.18. The molecule has 7 nitrogen and oxygen atoms in total. The zero-order valence-electron chi connectivity index (χ0n) is 12.4. The van der Waals surface area contributed by atoms with E-state index in [-0.39, 0.29) is 27.5 Å². The first-order chi connectivity index (χ1) is 11.3. The van der Waals surface area contributed by atoms with E-state index in [9.17, 15) is 18.5 Å². The third-order valence-electron chi connectivity index (χ3n) is 3.44. The van der Waals surface area contributed by atoms with Crippen molar-refractivity contribution in [2.45, 2.75) is 24.3 Å². The maximum atomic E-state index is 12.4. The van der Waals surface area contributed by atoms with Gasteiger partial charge in [-0.05, 0) is 25.1 Å². The smallest absolute Gasteiger partial charge is 0.339 e. The molecule has 0 aliphatic carbocycles. The summed E-state index contributed by atoms with van der Waals surface area (Å²) >= 11 is 6.08. The SMILES string of the molecule is CC1Cc2cc(S(=O)(=O)Oc3cccc([N+](=O)[O-])c3)cc(Cl)c2O1. The Labute approximate surface area is 143 Å². The first kappa shape index (κ1) is 16.5. The van der Waals surface area contributed by atoms with Crippen LogP contribution in [0.4, 0.5) is 5.69 Å². The van der Waals surface area contributed by atoms with Crippen LogP contribution < -0.4 is 8.92 Å². The van der Waals surface area contributed by atoms with Gasteiger partial charge in [-0.1, -0.05) is 17.7 Å². The largest absolute Gasteiger partial charge is 0.489 e. The van der Waals surface area contributed by atoms with E-state index >= 15 is 0 Å². The van der Waals surface area contributed by atoms with Crippen LogP contribution in [0, 0.1) is 10.1 Å². The van der Waals surface area contributed by atoms with E-state index in [0.29, 0.717) is 17.7 Å². The lowest BCUT2D eigenvalue weighted by molar-refractivity contribution is -0.384. The number of hydrogen-bond donors (Lipinski definition) is 0. The quantitative estimate of drug-likeness (QED) is 0.466. The van der Waals surface area contributed by atoms with Crippen LogP contribution >= 0.6 is 11.6 Å².